The van der Waals surface area contributed by atoms with Crippen LogP contribution in [0.5, 0.6) is 0 Å². The summed E-state index contributed by atoms with van der Waals surface area (Å²) < 4.78 is 12.3. The van der Waals surface area contributed by atoms with E-state index in [4.69, 9.17) is 0 Å². The Labute approximate surface area is 194 Å². The monoisotopic (exact) mass is 525 g/mol. The Balaban J connectivity index is 0.00000300. The third kappa shape index (κ3) is 8.09. The lowest BCUT2D eigenvalue weighted by Crippen LogP contribution is -2.45. The van der Waals surface area contributed by atoms with Crippen molar-refractivity contribution >= 4 is 40.7 Å². The highest BCUT2D eigenvalue weighted by atomic mass is 127. The summed E-state index contributed by atoms with van der Waals surface area (Å²) in [5.41, 5.74) is 2.59. The number of halogens is 1. The van der Waals surface area contributed by atoms with Gasteiger partial charge in [-0.3, -0.25) is 9.20 Å². The molecule has 0 spiro atoms. The fourth-order valence-electron chi connectivity index (χ4n) is 3.80. The molecule has 0 aliphatic heterocycles. The Bertz CT molecular complexity index is 762. The minimum absolute atomic E-state index is 0. The molecule has 4 nitrogen and oxygen atoms in total. The first-order valence-electron chi connectivity index (χ1n) is 10.2. The van der Waals surface area contributed by atoms with Crippen LogP contribution in [0.2, 0.25) is 0 Å². The lowest BCUT2D eigenvalue weighted by Gasteiger charge is -2.30. The van der Waals surface area contributed by atoms with Gasteiger partial charge < -0.3 is 10.6 Å². The molecular weight excluding hydrogens is 493 g/mol. The molecule has 1 aliphatic rings. The van der Waals surface area contributed by atoms with Crippen LogP contribution in [-0.4, -0.2) is 35.6 Å². The van der Waals surface area contributed by atoms with Crippen LogP contribution in [0.1, 0.15) is 42.7 Å². The molecule has 2 N–H and O–H groups in total. The standard InChI is InChI=1S/C23H31N3OS.HI/c1-24-23(25-16-17-28(27)18-19-8-4-2-5-9-19)26-22-14-12-21(13-15-22)20-10-6-3-7-11-20;/h2-11,21-22H,12-18H2,1H3,(H2,24,25,26);1H. The van der Waals surface area contributed by atoms with E-state index in [1.807, 2.05) is 30.3 Å². The maximum absolute atomic E-state index is 12.3. The molecule has 1 unspecified atom stereocenters. The second-order valence-corrected chi connectivity index (χ2v) is 8.95. The Hall–Kier alpha value is -1.41. The second-order valence-electron chi connectivity index (χ2n) is 7.38. The fraction of sp³-hybridized carbons (Fsp3) is 0.435. The van der Waals surface area contributed by atoms with Gasteiger partial charge in [0.05, 0.1) is 0 Å². The first-order valence-corrected chi connectivity index (χ1v) is 11.6. The molecule has 0 saturated heterocycles. The minimum atomic E-state index is -0.867. The van der Waals surface area contributed by atoms with E-state index < -0.39 is 10.8 Å². The number of hydrogen-bond acceptors (Lipinski definition) is 2. The molecule has 0 bridgehead atoms. The van der Waals surface area contributed by atoms with Crippen LogP contribution in [0.25, 0.3) is 0 Å². The zero-order valence-corrected chi connectivity index (χ0v) is 20.2. The summed E-state index contributed by atoms with van der Waals surface area (Å²) in [6.07, 6.45) is 4.72. The van der Waals surface area contributed by atoms with Crippen LogP contribution < -0.4 is 10.6 Å². The number of benzene rings is 2. The van der Waals surface area contributed by atoms with Crippen molar-refractivity contribution in [3.8, 4) is 0 Å². The molecule has 158 valence electrons. The number of rotatable bonds is 7. The Morgan fingerprint density at radius 3 is 2.24 bits per heavy atom. The van der Waals surface area contributed by atoms with Gasteiger partial charge in [0.1, 0.15) is 0 Å². The average molecular weight is 526 g/mol. The normalized spacial score (nSPS) is 20.4. The summed E-state index contributed by atoms with van der Waals surface area (Å²) in [6, 6.07) is 21.3. The number of nitrogens with zero attached hydrogens (tertiary/aromatic N) is 1. The lowest BCUT2D eigenvalue weighted by molar-refractivity contribution is 0.371. The largest absolute Gasteiger partial charge is 0.355 e. The predicted octanol–water partition coefficient (Wildman–Crippen LogP) is 4.44. The van der Waals surface area contributed by atoms with Crippen molar-refractivity contribution in [1.82, 2.24) is 10.6 Å². The first kappa shape index (κ1) is 23.9. The highest BCUT2D eigenvalue weighted by molar-refractivity contribution is 14.0. The van der Waals surface area contributed by atoms with E-state index in [0.29, 0.717) is 30.0 Å². The summed E-state index contributed by atoms with van der Waals surface area (Å²) in [6.45, 7) is 0.665. The Morgan fingerprint density at radius 2 is 1.62 bits per heavy atom. The molecule has 29 heavy (non-hydrogen) atoms. The van der Waals surface area contributed by atoms with Crippen LogP contribution in [0, 0.1) is 0 Å². The van der Waals surface area contributed by atoms with Crippen molar-refractivity contribution in [2.24, 2.45) is 4.99 Å². The molecule has 6 heteroatoms. The molecule has 1 fully saturated rings. The summed E-state index contributed by atoms with van der Waals surface area (Å²) >= 11 is 0. The molecule has 3 rings (SSSR count). The maximum atomic E-state index is 12.3. The average Bonchev–Trinajstić information content (AvgIpc) is 2.75. The quantitative estimate of drug-likeness (QED) is 0.319. The van der Waals surface area contributed by atoms with Gasteiger partial charge in [-0.15, -0.1) is 24.0 Å². The smallest absolute Gasteiger partial charge is 0.191 e. The fourth-order valence-corrected chi connectivity index (χ4v) is 4.84. The van der Waals surface area contributed by atoms with Gasteiger partial charge in [-0.2, -0.15) is 0 Å². The van der Waals surface area contributed by atoms with E-state index >= 15 is 0 Å². The van der Waals surface area contributed by atoms with Crippen LogP contribution in [0.3, 0.4) is 0 Å². The third-order valence-electron chi connectivity index (χ3n) is 5.36. The summed E-state index contributed by atoms with van der Waals surface area (Å²) in [4.78, 5) is 4.34. The van der Waals surface area contributed by atoms with Gasteiger partial charge in [0, 0.05) is 41.9 Å². The zero-order valence-electron chi connectivity index (χ0n) is 17.0. The summed E-state index contributed by atoms with van der Waals surface area (Å²) in [5, 5.41) is 6.86. The Morgan fingerprint density at radius 1 is 1.00 bits per heavy atom. The van der Waals surface area contributed by atoms with Crippen molar-refractivity contribution in [2.75, 3.05) is 19.3 Å². The molecule has 1 aliphatic carbocycles. The second kappa shape index (κ2) is 13.0. The molecule has 0 aromatic heterocycles. The molecule has 1 atom stereocenters. The van der Waals surface area contributed by atoms with Crippen LogP contribution in [-0.2, 0) is 16.6 Å². The van der Waals surface area contributed by atoms with E-state index in [9.17, 15) is 4.21 Å². The van der Waals surface area contributed by atoms with Gasteiger partial charge in [-0.25, -0.2) is 0 Å². The number of hydrogen-bond donors (Lipinski definition) is 2. The van der Waals surface area contributed by atoms with Crippen molar-refractivity contribution < 1.29 is 4.21 Å². The van der Waals surface area contributed by atoms with Crippen LogP contribution in [0.15, 0.2) is 65.7 Å². The number of aliphatic imine (C=N–C) groups is 1. The van der Waals surface area contributed by atoms with Gasteiger partial charge in [0.25, 0.3) is 0 Å². The molecule has 0 radical (unpaired) electrons. The first-order chi connectivity index (χ1) is 13.7. The van der Waals surface area contributed by atoms with Gasteiger partial charge in [-0.05, 0) is 42.7 Å². The van der Waals surface area contributed by atoms with Gasteiger partial charge >= 0.3 is 0 Å². The minimum Gasteiger partial charge on any atom is -0.355 e. The number of guanidine groups is 1. The maximum Gasteiger partial charge on any atom is 0.191 e. The van der Waals surface area contributed by atoms with Crippen LogP contribution in [0.4, 0.5) is 0 Å². The van der Waals surface area contributed by atoms with E-state index in [-0.39, 0.29) is 24.0 Å². The van der Waals surface area contributed by atoms with Crippen molar-refractivity contribution in [3.05, 3.63) is 71.8 Å². The van der Waals surface area contributed by atoms with Crippen molar-refractivity contribution in [1.29, 1.82) is 0 Å². The third-order valence-corrected chi connectivity index (χ3v) is 6.67. The zero-order chi connectivity index (χ0) is 19.6. The highest BCUT2D eigenvalue weighted by Crippen LogP contribution is 2.32. The van der Waals surface area contributed by atoms with Gasteiger partial charge in [-0.1, -0.05) is 60.7 Å². The molecule has 2 aromatic rings. The lowest BCUT2D eigenvalue weighted by atomic mass is 9.82. The Kier molecular flexibility index (Phi) is 10.7. The summed E-state index contributed by atoms with van der Waals surface area (Å²) in [7, 11) is 0.930. The molecular formula is C23H32IN3OS. The predicted molar refractivity (Wildman–Crippen MR) is 135 cm³/mol. The molecule has 0 heterocycles. The van der Waals surface area contributed by atoms with Crippen molar-refractivity contribution in [3.63, 3.8) is 0 Å². The van der Waals surface area contributed by atoms with Gasteiger partial charge in [0.2, 0.25) is 0 Å². The van der Waals surface area contributed by atoms with E-state index in [2.05, 4.69) is 46.0 Å². The number of nitrogens with one attached hydrogen (secondary N) is 2. The van der Waals surface area contributed by atoms with E-state index in [0.717, 1.165) is 24.4 Å². The summed E-state index contributed by atoms with van der Waals surface area (Å²) in [5.74, 6) is 2.73. The van der Waals surface area contributed by atoms with Gasteiger partial charge in [0.15, 0.2) is 5.96 Å². The van der Waals surface area contributed by atoms with Crippen LogP contribution >= 0.6 is 24.0 Å². The molecule has 1 saturated carbocycles. The van der Waals surface area contributed by atoms with E-state index in [1.165, 1.54) is 18.4 Å². The highest BCUT2D eigenvalue weighted by Gasteiger charge is 2.22. The molecule has 2 aromatic carbocycles. The van der Waals surface area contributed by atoms with Crippen molar-refractivity contribution in [2.45, 2.75) is 43.4 Å². The van der Waals surface area contributed by atoms with E-state index in [1.54, 1.807) is 7.05 Å². The SMILES string of the molecule is CN=C(NCCS(=O)Cc1ccccc1)NC1CCC(c2ccccc2)CC1.I. The topological polar surface area (TPSA) is 53.5 Å². The molecule has 0 amide bonds.